The van der Waals surface area contributed by atoms with E-state index in [4.69, 9.17) is 0 Å². The maximum absolute atomic E-state index is 13.9. The number of hydrogen-bond acceptors (Lipinski definition) is 2. The maximum Gasteiger partial charge on any atom is 0.274 e. The molecule has 0 radical (unpaired) electrons. The highest BCUT2D eigenvalue weighted by Gasteiger charge is 2.36. The van der Waals surface area contributed by atoms with Crippen molar-refractivity contribution in [1.29, 1.82) is 0 Å². The molecule has 1 N–H and O–H groups in total. The molecule has 0 saturated carbocycles. The first-order valence-corrected chi connectivity index (χ1v) is 7.18. The Kier molecular flexibility index (Phi) is 3.49. The molecule has 3 rings (SSSR count). The van der Waals surface area contributed by atoms with Crippen molar-refractivity contribution in [3.05, 3.63) is 53.1 Å². The monoisotopic (exact) mass is 287 g/mol. The number of carbonyl (C=O) groups is 1. The average Bonchev–Trinajstić information content (AvgIpc) is 2.90. The van der Waals surface area contributed by atoms with Gasteiger partial charge in [0, 0.05) is 17.8 Å². The fourth-order valence-electron chi connectivity index (χ4n) is 2.59. The highest BCUT2D eigenvalue weighted by Crippen LogP contribution is 2.35. The van der Waals surface area contributed by atoms with Gasteiger partial charge in [-0.15, -0.1) is 0 Å². The Hall–Kier alpha value is -2.17. The number of hydrogen-bond donors (Lipinski definition) is 1. The molecular weight excluding hydrogens is 269 g/mol. The number of aromatic nitrogens is 2. The van der Waals surface area contributed by atoms with Gasteiger partial charge in [0.15, 0.2) is 0 Å². The SMILES string of the molecule is CC(C)c1cc(C(=O)N2CC[C@H]2c2ccccc2F)n[nH]1. The number of aromatic amines is 1. The number of nitrogens with zero attached hydrogens (tertiary/aromatic N) is 2. The Labute approximate surface area is 123 Å². The van der Waals surface area contributed by atoms with Crippen LogP contribution in [0.15, 0.2) is 30.3 Å². The lowest BCUT2D eigenvalue weighted by Gasteiger charge is -2.41. The summed E-state index contributed by atoms with van der Waals surface area (Å²) in [7, 11) is 0. The molecule has 0 spiro atoms. The van der Waals surface area contributed by atoms with Gasteiger partial charge in [-0.2, -0.15) is 5.10 Å². The molecule has 21 heavy (non-hydrogen) atoms. The largest absolute Gasteiger partial charge is 0.330 e. The van der Waals surface area contributed by atoms with Crippen LogP contribution in [0, 0.1) is 5.82 Å². The van der Waals surface area contributed by atoms with Gasteiger partial charge in [-0.05, 0) is 24.5 Å². The third-order valence-corrected chi connectivity index (χ3v) is 3.98. The first-order chi connectivity index (χ1) is 10.1. The van der Waals surface area contributed by atoms with Crippen molar-refractivity contribution in [3.63, 3.8) is 0 Å². The van der Waals surface area contributed by atoms with Gasteiger partial charge in [0.2, 0.25) is 0 Å². The summed E-state index contributed by atoms with van der Waals surface area (Å²) in [5.41, 5.74) is 1.91. The molecule has 1 atom stereocenters. The second-order valence-electron chi connectivity index (χ2n) is 5.69. The van der Waals surface area contributed by atoms with E-state index >= 15 is 0 Å². The van der Waals surface area contributed by atoms with Crippen LogP contribution in [0.4, 0.5) is 4.39 Å². The zero-order valence-corrected chi connectivity index (χ0v) is 12.1. The molecule has 1 saturated heterocycles. The Morgan fingerprint density at radius 3 is 2.76 bits per heavy atom. The molecule has 2 heterocycles. The van der Waals surface area contributed by atoms with E-state index in [0.29, 0.717) is 17.8 Å². The Morgan fingerprint density at radius 2 is 2.19 bits per heavy atom. The zero-order valence-electron chi connectivity index (χ0n) is 12.1. The highest BCUT2D eigenvalue weighted by molar-refractivity contribution is 5.93. The highest BCUT2D eigenvalue weighted by atomic mass is 19.1. The van der Waals surface area contributed by atoms with Crippen molar-refractivity contribution in [1.82, 2.24) is 15.1 Å². The van der Waals surface area contributed by atoms with Crippen molar-refractivity contribution < 1.29 is 9.18 Å². The van der Waals surface area contributed by atoms with Crippen molar-refractivity contribution >= 4 is 5.91 Å². The summed E-state index contributed by atoms with van der Waals surface area (Å²) in [6.45, 7) is 4.71. The zero-order chi connectivity index (χ0) is 15.0. The van der Waals surface area contributed by atoms with Crippen LogP contribution < -0.4 is 0 Å². The van der Waals surface area contributed by atoms with Gasteiger partial charge < -0.3 is 4.90 Å². The summed E-state index contributed by atoms with van der Waals surface area (Å²) in [5.74, 6) is -0.111. The summed E-state index contributed by atoms with van der Waals surface area (Å²) in [6.07, 6.45) is 0.786. The molecule has 5 heteroatoms. The summed E-state index contributed by atoms with van der Waals surface area (Å²) in [6, 6.07) is 8.23. The fourth-order valence-corrected chi connectivity index (χ4v) is 2.59. The van der Waals surface area contributed by atoms with Crippen LogP contribution in [0.3, 0.4) is 0 Å². The number of likely N-dealkylation sites (tertiary alicyclic amines) is 1. The van der Waals surface area contributed by atoms with Gasteiger partial charge >= 0.3 is 0 Å². The van der Waals surface area contributed by atoms with Crippen LogP contribution in [0.25, 0.3) is 0 Å². The van der Waals surface area contributed by atoms with E-state index in [0.717, 1.165) is 12.1 Å². The second-order valence-corrected chi connectivity index (χ2v) is 5.69. The standard InChI is InChI=1S/C16H18FN3O/c1-10(2)13-9-14(19-18-13)16(21)20-8-7-15(20)11-5-3-4-6-12(11)17/h3-6,9-10,15H,7-8H2,1-2H3,(H,18,19)/t15-/m0/s1. The minimum absolute atomic E-state index is 0.141. The molecule has 0 bridgehead atoms. The van der Waals surface area contributed by atoms with Gasteiger partial charge in [0.1, 0.15) is 11.5 Å². The van der Waals surface area contributed by atoms with Gasteiger partial charge in [-0.3, -0.25) is 9.89 Å². The normalized spacial score (nSPS) is 17.9. The van der Waals surface area contributed by atoms with E-state index in [-0.39, 0.29) is 23.7 Å². The van der Waals surface area contributed by atoms with Gasteiger partial charge in [0.05, 0.1) is 6.04 Å². The molecule has 1 aromatic heterocycles. The predicted octanol–water partition coefficient (Wildman–Crippen LogP) is 3.26. The number of carbonyl (C=O) groups excluding carboxylic acids is 1. The quantitative estimate of drug-likeness (QED) is 0.942. The molecule has 110 valence electrons. The Bertz CT molecular complexity index is 665. The third-order valence-electron chi connectivity index (χ3n) is 3.98. The van der Waals surface area contributed by atoms with Crippen LogP contribution in [-0.4, -0.2) is 27.5 Å². The van der Waals surface area contributed by atoms with E-state index in [1.807, 2.05) is 13.8 Å². The molecule has 0 aliphatic carbocycles. The molecule has 1 aromatic carbocycles. The molecule has 1 amide bonds. The van der Waals surface area contributed by atoms with Crippen molar-refractivity contribution in [2.75, 3.05) is 6.54 Å². The van der Waals surface area contributed by atoms with Crippen molar-refractivity contribution in [2.45, 2.75) is 32.2 Å². The predicted molar refractivity (Wildman–Crippen MR) is 77.5 cm³/mol. The molecular formula is C16H18FN3O. The summed E-state index contributed by atoms with van der Waals surface area (Å²) >= 11 is 0. The van der Waals surface area contributed by atoms with Crippen molar-refractivity contribution in [3.8, 4) is 0 Å². The molecule has 1 fully saturated rings. The second kappa shape index (κ2) is 5.31. The maximum atomic E-state index is 13.9. The lowest BCUT2D eigenvalue weighted by Crippen LogP contribution is -2.45. The first kappa shape index (κ1) is 13.8. The van der Waals surface area contributed by atoms with E-state index in [1.165, 1.54) is 6.07 Å². The number of nitrogens with one attached hydrogen (secondary N) is 1. The Morgan fingerprint density at radius 1 is 1.43 bits per heavy atom. The number of rotatable bonds is 3. The minimum Gasteiger partial charge on any atom is -0.330 e. The summed E-state index contributed by atoms with van der Waals surface area (Å²) in [5, 5.41) is 6.96. The van der Waals surface area contributed by atoms with Crippen molar-refractivity contribution in [2.24, 2.45) is 0 Å². The average molecular weight is 287 g/mol. The molecule has 0 unspecified atom stereocenters. The van der Waals surface area contributed by atoms with E-state index < -0.39 is 0 Å². The fraction of sp³-hybridized carbons (Fsp3) is 0.375. The summed E-state index contributed by atoms with van der Waals surface area (Å²) in [4.78, 5) is 14.2. The lowest BCUT2D eigenvalue weighted by molar-refractivity contribution is 0.0447. The van der Waals surface area contributed by atoms with Gasteiger partial charge in [0.25, 0.3) is 5.91 Å². The van der Waals surface area contributed by atoms with Crippen LogP contribution in [0.5, 0.6) is 0 Å². The smallest absolute Gasteiger partial charge is 0.274 e. The van der Waals surface area contributed by atoms with Crippen LogP contribution >= 0.6 is 0 Å². The lowest BCUT2D eigenvalue weighted by atomic mass is 9.94. The number of amides is 1. The third kappa shape index (κ3) is 2.44. The van der Waals surface area contributed by atoms with E-state index in [2.05, 4.69) is 10.2 Å². The number of halogens is 1. The van der Waals surface area contributed by atoms with Gasteiger partial charge in [-0.1, -0.05) is 32.0 Å². The minimum atomic E-state index is -0.259. The van der Waals surface area contributed by atoms with Crippen LogP contribution in [0.1, 0.15) is 54.0 Å². The van der Waals surface area contributed by atoms with Crippen LogP contribution in [0.2, 0.25) is 0 Å². The molecule has 1 aliphatic heterocycles. The molecule has 2 aromatic rings. The van der Waals surface area contributed by atoms with Gasteiger partial charge in [-0.25, -0.2) is 4.39 Å². The molecule has 1 aliphatic rings. The van der Waals surface area contributed by atoms with E-state index in [9.17, 15) is 9.18 Å². The molecule has 4 nitrogen and oxygen atoms in total. The van der Waals surface area contributed by atoms with Crippen LogP contribution in [-0.2, 0) is 0 Å². The Balaban J connectivity index is 1.80. The number of benzene rings is 1. The topological polar surface area (TPSA) is 49.0 Å². The van der Waals surface area contributed by atoms with E-state index in [1.54, 1.807) is 29.2 Å². The number of H-pyrrole nitrogens is 1. The first-order valence-electron chi connectivity index (χ1n) is 7.18. The summed E-state index contributed by atoms with van der Waals surface area (Å²) < 4.78 is 13.9.